The Kier molecular flexibility index (Phi) is 3.82. The van der Waals surface area contributed by atoms with Crippen molar-refractivity contribution in [3.8, 4) is 0 Å². The Balaban J connectivity index is 2.27. The summed E-state index contributed by atoms with van der Waals surface area (Å²) >= 11 is 0. The fourth-order valence-corrected chi connectivity index (χ4v) is 2.62. The van der Waals surface area contributed by atoms with Crippen LogP contribution in [0.3, 0.4) is 0 Å². The molecule has 1 atom stereocenters. The lowest BCUT2D eigenvalue weighted by atomic mass is 10.1. The number of nitrogens with two attached hydrogens (primary N) is 1. The molecule has 17 heavy (non-hydrogen) atoms. The smallest absolute Gasteiger partial charge is 0.134 e. The van der Waals surface area contributed by atoms with Crippen LogP contribution < -0.4 is 10.6 Å². The van der Waals surface area contributed by atoms with Gasteiger partial charge in [-0.2, -0.15) is 0 Å². The molecule has 4 nitrogen and oxygen atoms in total. The number of nitrogen functional groups attached to an aromatic ring is 1. The number of hydrogen-bond acceptors (Lipinski definition) is 4. The third kappa shape index (κ3) is 2.87. The molecule has 1 unspecified atom stereocenters. The maximum Gasteiger partial charge on any atom is 0.134 e. The van der Waals surface area contributed by atoms with Crippen molar-refractivity contribution in [1.29, 1.82) is 0 Å². The highest BCUT2D eigenvalue weighted by atomic mass is 15.2. The first-order chi connectivity index (χ1) is 8.20. The topological polar surface area (TPSA) is 55.0 Å². The van der Waals surface area contributed by atoms with Gasteiger partial charge in [-0.1, -0.05) is 19.8 Å². The van der Waals surface area contributed by atoms with Crippen LogP contribution in [0.15, 0.2) is 6.07 Å². The molecule has 1 fully saturated rings. The van der Waals surface area contributed by atoms with Gasteiger partial charge in [0.1, 0.15) is 17.5 Å². The van der Waals surface area contributed by atoms with Crippen LogP contribution in [0.2, 0.25) is 0 Å². The highest BCUT2D eigenvalue weighted by Crippen LogP contribution is 2.25. The lowest BCUT2D eigenvalue weighted by Crippen LogP contribution is -2.35. The fourth-order valence-electron chi connectivity index (χ4n) is 2.62. The first kappa shape index (κ1) is 12.1. The largest absolute Gasteiger partial charge is 0.384 e. The first-order valence-electron chi connectivity index (χ1n) is 6.58. The predicted octanol–water partition coefficient (Wildman–Crippen LogP) is 2.53. The Morgan fingerprint density at radius 3 is 2.88 bits per heavy atom. The van der Waals surface area contributed by atoms with Crippen molar-refractivity contribution in [2.75, 3.05) is 17.2 Å². The monoisotopic (exact) mass is 234 g/mol. The summed E-state index contributed by atoms with van der Waals surface area (Å²) < 4.78 is 0. The second-order valence-corrected chi connectivity index (χ2v) is 4.80. The molecule has 2 heterocycles. The standard InChI is InChI=1S/C13H22N4/c1-3-11-7-5-4-6-8-17(11)13-9-12(14)15-10(2)16-13/h9,11H,3-8H2,1-2H3,(H2,14,15,16). The molecule has 4 heteroatoms. The maximum atomic E-state index is 5.81. The molecule has 1 aromatic heterocycles. The Labute approximate surface area is 103 Å². The van der Waals surface area contributed by atoms with E-state index in [9.17, 15) is 0 Å². The van der Waals surface area contributed by atoms with E-state index in [0.29, 0.717) is 11.9 Å². The van der Waals surface area contributed by atoms with Crippen molar-refractivity contribution in [2.24, 2.45) is 0 Å². The minimum absolute atomic E-state index is 0.576. The van der Waals surface area contributed by atoms with Gasteiger partial charge in [0.25, 0.3) is 0 Å². The van der Waals surface area contributed by atoms with Crippen molar-refractivity contribution in [1.82, 2.24) is 9.97 Å². The van der Waals surface area contributed by atoms with E-state index in [0.717, 1.165) is 18.2 Å². The van der Waals surface area contributed by atoms with E-state index in [2.05, 4.69) is 21.8 Å². The summed E-state index contributed by atoms with van der Waals surface area (Å²) in [5.74, 6) is 2.34. The van der Waals surface area contributed by atoms with Crippen LogP contribution in [0, 0.1) is 6.92 Å². The molecule has 0 radical (unpaired) electrons. The van der Waals surface area contributed by atoms with Gasteiger partial charge >= 0.3 is 0 Å². The SMILES string of the molecule is CCC1CCCCCN1c1cc(N)nc(C)n1. The molecular formula is C13H22N4. The molecule has 0 saturated carbocycles. The van der Waals surface area contributed by atoms with E-state index < -0.39 is 0 Å². The maximum absolute atomic E-state index is 5.81. The molecule has 1 aromatic rings. The first-order valence-corrected chi connectivity index (χ1v) is 6.58. The summed E-state index contributed by atoms with van der Waals surface area (Å²) in [6.07, 6.45) is 6.34. The van der Waals surface area contributed by atoms with Crippen molar-refractivity contribution < 1.29 is 0 Å². The molecule has 0 bridgehead atoms. The third-order valence-electron chi connectivity index (χ3n) is 3.49. The van der Waals surface area contributed by atoms with Crippen molar-refractivity contribution in [3.05, 3.63) is 11.9 Å². The summed E-state index contributed by atoms with van der Waals surface area (Å²) in [5, 5.41) is 0. The van der Waals surface area contributed by atoms with Crippen LogP contribution in [-0.4, -0.2) is 22.6 Å². The highest BCUT2D eigenvalue weighted by Gasteiger charge is 2.21. The number of rotatable bonds is 2. The van der Waals surface area contributed by atoms with Crippen molar-refractivity contribution in [2.45, 2.75) is 52.0 Å². The Morgan fingerprint density at radius 1 is 1.35 bits per heavy atom. The molecule has 1 aliphatic heterocycles. The Hall–Kier alpha value is -1.32. The Morgan fingerprint density at radius 2 is 2.18 bits per heavy atom. The molecule has 1 saturated heterocycles. The minimum Gasteiger partial charge on any atom is -0.384 e. The second kappa shape index (κ2) is 5.34. The van der Waals surface area contributed by atoms with Gasteiger partial charge in [0.15, 0.2) is 0 Å². The van der Waals surface area contributed by atoms with Gasteiger partial charge in [-0.25, -0.2) is 9.97 Å². The van der Waals surface area contributed by atoms with Crippen molar-refractivity contribution >= 4 is 11.6 Å². The molecule has 2 rings (SSSR count). The van der Waals surface area contributed by atoms with Crippen LogP contribution in [0.25, 0.3) is 0 Å². The number of nitrogens with zero attached hydrogens (tertiary/aromatic N) is 3. The summed E-state index contributed by atoms with van der Waals surface area (Å²) in [6, 6.07) is 2.51. The van der Waals surface area contributed by atoms with Crippen LogP contribution in [0.1, 0.15) is 44.9 Å². The molecule has 94 valence electrons. The molecule has 2 N–H and O–H groups in total. The zero-order valence-electron chi connectivity index (χ0n) is 10.8. The van der Waals surface area contributed by atoms with Gasteiger partial charge < -0.3 is 10.6 Å². The van der Waals surface area contributed by atoms with Gasteiger partial charge in [0.05, 0.1) is 0 Å². The van der Waals surface area contributed by atoms with Crippen LogP contribution >= 0.6 is 0 Å². The van der Waals surface area contributed by atoms with E-state index in [1.165, 1.54) is 32.1 Å². The Bertz CT molecular complexity index is 357. The second-order valence-electron chi connectivity index (χ2n) is 4.80. The molecule has 0 amide bonds. The molecular weight excluding hydrogens is 212 g/mol. The van der Waals surface area contributed by atoms with Gasteiger partial charge in [0.2, 0.25) is 0 Å². The highest BCUT2D eigenvalue weighted by molar-refractivity contribution is 5.47. The van der Waals surface area contributed by atoms with Crippen LogP contribution in [0.5, 0.6) is 0 Å². The average molecular weight is 234 g/mol. The molecule has 0 aliphatic carbocycles. The normalized spacial score (nSPS) is 21.3. The van der Waals surface area contributed by atoms with E-state index in [4.69, 9.17) is 5.73 Å². The zero-order valence-corrected chi connectivity index (χ0v) is 10.8. The lowest BCUT2D eigenvalue weighted by molar-refractivity contribution is 0.551. The predicted molar refractivity (Wildman–Crippen MR) is 71.1 cm³/mol. The number of hydrogen-bond donors (Lipinski definition) is 1. The van der Waals surface area contributed by atoms with E-state index in [1.807, 2.05) is 13.0 Å². The molecule has 1 aliphatic rings. The number of anilines is 2. The van der Waals surface area contributed by atoms with E-state index in [-0.39, 0.29) is 0 Å². The van der Waals surface area contributed by atoms with Crippen molar-refractivity contribution in [3.63, 3.8) is 0 Å². The summed E-state index contributed by atoms with van der Waals surface area (Å²) in [4.78, 5) is 11.1. The lowest BCUT2D eigenvalue weighted by Gasteiger charge is -2.30. The third-order valence-corrected chi connectivity index (χ3v) is 3.49. The van der Waals surface area contributed by atoms with Gasteiger partial charge in [-0.3, -0.25) is 0 Å². The summed E-state index contributed by atoms with van der Waals surface area (Å²) in [6.45, 7) is 5.24. The molecule has 0 aromatic carbocycles. The number of aromatic nitrogens is 2. The summed E-state index contributed by atoms with van der Waals surface area (Å²) in [7, 11) is 0. The number of aryl methyl sites for hydroxylation is 1. The minimum atomic E-state index is 0.576. The van der Waals surface area contributed by atoms with Gasteiger partial charge in [-0.15, -0.1) is 0 Å². The van der Waals surface area contributed by atoms with Gasteiger partial charge in [-0.05, 0) is 26.2 Å². The van der Waals surface area contributed by atoms with Crippen LogP contribution in [0.4, 0.5) is 11.6 Å². The van der Waals surface area contributed by atoms with E-state index in [1.54, 1.807) is 0 Å². The quantitative estimate of drug-likeness (QED) is 0.854. The van der Waals surface area contributed by atoms with E-state index >= 15 is 0 Å². The van der Waals surface area contributed by atoms with Crippen LogP contribution in [-0.2, 0) is 0 Å². The zero-order chi connectivity index (χ0) is 12.3. The molecule has 0 spiro atoms. The van der Waals surface area contributed by atoms with Gasteiger partial charge in [0, 0.05) is 18.7 Å². The average Bonchev–Trinajstić information content (AvgIpc) is 2.52. The fraction of sp³-hybridized carbons (Fsp3) is 0.692. The summed E-state index contributed by atoms with van der Waals surface area (Å²) in [5.41, 5.74) is 5.81.